The van der Waals surface area contributed by atoms with Crippen molar-refractivity contribution in [3.8, 4) is 5.88 Å². The zero-order chi connectivity index (χ0) is 10.5. The fourth-order valence-electron chi connectivity index (χ4n) is 1.01. The molecule has 0 aliphatic rings. The molecule has 0 aliphatic heterocycles. The van der Waals surface area contributed by atoms with Gasteiger partial charge in [0.05, 0.1) is 19.0 Å². The van der Waals surface area contributed by atoms with Crippen LogP contribution in [0.4, 0.5) is 11.6 Å². The number of anilines is 2. The Morgan fingerprint density at radius 1 is 1.13 bits per heavy atom. The summed E-state index contributed by atoms with van der Waals surface area (Å²) < 4.78 is 4.94. The molecule has 1 N–H and O–H groups in total. The summed E-state index contributed by atoms with van der Waals surface area (Å²) in [5.41, 5.74) is 0.794. The van der Waals surface area contributed by atoms with Crippen molar-refractivity contribution in [3.63, 3.8) is 0 Å². The molecular formula is C9H9N5O. The Balaban J connectivity index is 2.11. The second-order valence-corrected chi connectivity index (χ2v) is 2.68. The summed E-state index contributed by atoms with van der Waals surface area (Å²) in [6, 6.07) is 3.58. The van der Waals surface area contributed by atoms with E-state index in [-0.39, 0.29) is 0 Å². The number of nitrogens with one attached hydrogen (secondary N) is 1. The molecule has 6 heteroatoms. The summed E-state index contributed by atoms with van der Waals surface area (Å²) in [6.07, 6.45) is 4.49. The molecule has 2 aromatic heterocycles. The molecule has 0 unspecified atom stereocenters. The van der Waals surface area contributed by atoms with E-state index in [1.165, 1.54) is 12.7 Å². The maximum absolute atomic E-state index is 4.94. The fraction of sp³-hybridized carbons (Fsp3) is 0.111. The summed E-state index contributed by atoms with van der Waals surface area (Å²) in [5, 5.41) is 2.97. The number of pyridine rings is 1. The van der Waals surface area contributed by atoms with Gasteiger partial charge in [-0.25, -0.2) is 19.9 Å². The molecule has 76 valence electrons. The zero-order valence-electron chi connectivity index (χ0n) is 8.08. The third-order valence-electron chi connectivity index (χ3n) is 1.69. The third-order valence-corrected chi connectivity index (χ3v) is 1.69. The molecule has 2 aromatic rings. The molecule has 15 heavy (non-hydrogen) atoms. The van der Waals surface area contributed by atoms with Gasteiger partial charge in [0, 0.05) is 6.07 Å². The van der Waals surface area contributed by atoms with Crippen molar-refractivity contribution in [3.05, 3.63) is 31.0 Å². The second-order valence-electron chi connectivity index (χ2n) is 2.68. The second kappa shape index (κ2) is 4.32. The minimum Gasteiger partial charge on any atom is -0.481 e. The highest BCUT2D eigenvalue weighted by Crippen LogP contribution is 2.13. The van der Waals surface area contributed by atoms with Crippen LogP contribution in [0.15, 0.2) is 31.0 Å². The first-order valence-electron chi connectivity index (χ1n) is 4.27. The Morgan fingerprint density at radius 3 is 2.53 bits per heavy atom. The van der Waals surface area contributed by atoms with Crippen molar-refractivity contribution >= 4 is 11.6 Å². The van der Waals surface area contributed by atoms with E-state index < -0.39 is 0 Å². The minimum absolute atomic E-state index is 0.483. The number of rotatable bonds is 3. The Bertz CT molecular complexity index is 416. The molecule has 2 rings (SSSR count). The Kier molecular flexibility index (Phi) is 2.68. The summed E-state index contributed by atoms with van der Waals surface area (Å²) in [5.74, 6) is 1.05. The topological polar surface area (TPSA) is 72.8 Å². The van der Waals surface area contributed by atoms with Crippen LogP contribution in [-0.4, -0.2) is 27.0 Å². The summed E-state index contributed by atoms with van der Waals surface area (Å²) in [6.45, 7) is 0. The molecule has 6 nitrogen and oxygen atoms in total. The van der Waals surface area contributed by atoms with Gasteiger partial charge in [-0.1, -0.05) is 0 Å². The number of aromatic nitrogens is 4. The van der Waals surface area contributed by atoms with Gasteiger partial charge in [0.2, 0.25) is 11.8 Å². The molecular weight excluding hydrogens is 194 g/mol. The molecule has 0 aromatic carbocycles. The lowest BCUT2D eigenvalue weighted by atomic mass is 10.4. The largest absolute Gasteiger partial charge is 0.481 e. The average Bonchev–Trinajstić information content (AvgIpc) is 2.31. The van der Waals surface area contributed by atoms with Crippen LogP contribution in [-0.2, 0) is 0 Å². The monoisotopic (exact) mass is 203 g/mol. The molecule has 0 saturated heterocycles. The number of methoxy groups -OCH3 is 1. The predicted octanol–water partition coefficient (Wildman–Crippen LogP) is 1.02. The van der Waals surface area contributed by atoms with E-state index in [0.717, 1.165) is 5.69 Å². The van der Waals surface area contributed by atoms with Gasteiger partial charge in [-0.2, -0.15) is 0 Å². The van der Waals surface area contributed by atoms with E-state index in [9.17, 15) is 0 Å². The van der Waals surface area contributed by atoms with E-state index >= 15 is 0 Å². The van der Waals surface area contributed by atoms with Gasteiger partial charge < -0.3 is 10.1 Å². The Morgan fingerprint density at radius 2 is 1.93 bits per heavy atom. The lowest BCUT2D eigenvalue weighted by Gasteiger charge is -2.03. The lowest BCUT2D eigenvalue weighted by molar-refractivity contribution is 0.398. The van der Waals surface area contributed by atoms with Crippen LogP contribution < -0.4 is 10.1 Å². The van der Waals surface area contributed by atoms with E-state index in [1.807, 2.05) is 6.07 Å². The van der Waals surface area contributed by atoms with Gasteiger partial charge in [-0.15, -0.1) is 0 Å². The summed E-state index contributed by atoms with van der Waals surface area (Å²) in [7, 11) is 1.57. The number of nitrogens with zero attached hydrogens (tertiary/aromatic N) is 4. The molecule has 2 heterocycles. The normalized spacial score (nSPS) is 9.67. The quantitative estimate of drug-likeness (QED) is 0.802. The molecule has 0 amide bonds. The van der Waals surface area contributed by atoms with Gasteiger partial charge in [-0.3, -0.25) is 0 Å². The Hall–Kier alpha value is -2.24. The van der Waals surface area contributed by atoms with Crippen molar-refractivity contribution in [2.75, 3.05) is 12.4 Å². The fourth-order valence-corrected chi connectivity index (χ4v) is 1.01. The Labute approximate surface area is 86.4 Å². The lowest BCUT2D eigenvalue weighted by Crippen LogP contribution is -1.97. The van der Waals surface area contributed by atoms with Gasteiger partial charge >= 0.3 is 0 Å². The number of ether oxygens (including phenoxy) is 1. The van der Waals surface area contributed by atoms with Crippen molar-refractivity contribution < 1.29 is 4.74 Å². The van der Waals surface area contributed by atoms with Crippen LogP contribution in [0.5, 0.6) is 5.88 Å². The molecule has 0 radical (unpaired) electrons. The zero-order valence-corrected chi connectivity index (χ0v) is 8.08. The van der Waals surface area contributed by atoms with Crippen LogP contribution >= 0.6 is 0 Å². The highest BCUT2D eigenvalue weighted by Gasteiger charge is 1.97. The summed E-state index contributed by atoms with van der Waals surface area (Å²) >= 11 is 0. The maximum Gasteiger partial charge on any atom is 0.230 e. The number of hydrogen-bond donors (Lipinski definition) is 1. The van der Waals surface area contributed by atoms with Gasteiger partial charge in [-0.05, 0) is 6.07 Å². The first kappa shape index (κ1) is 9.32. The van der Waals surface area contributed by atoms with Crippen LogP contribution in [0.1, 0.15) is 0 Å². The molecule has 0 bridgehead atoms. The van der Waals surface area contributed by atoms with E-state index in [2.05, 4.69) is 25.3 Å². The van der Waals surface area contributed by atoms with Gasteiger partial charge in [0.15, 0.2) is 0 Å². The smallest absolute Gasteiger partial charge is 0.230 e. The van der Waals surface area contributed by atoms with Crippen molar-refractivity contribution in [2.45, 2.75) is 0 Å². The predicted molar refractivity (Wildman–Crippen MR) is 53.9 cm³/mol. The molecule has 0 atom stereocenters. The highest BCUT2D eigenvalue weighted by atomic mass is 16.5. The standard InChI is InChI=1S/C9H9N5O/c1-15-8-3-2-7(4-11-8)14-9-12-5-10-6-13-9/h2-6H,1H3,(H,10,12,13,14). The summed E-state index contributed by atoms with van der Waals surface area (Å²) in [4.78, 5) is 15.6. The molecule has 0 aliphatic carbocycles. The van der Waals surface area contributed by atoms with Crippen molar-refractivity contribution in [1.29, 1.82) is 0 Å². The first-order valence-corrected chi connectivity index (χ1v) is 4.27. The van der Waals surface area contributed by atoms with Crippen LogP contribution in [0, 0.1) is 0 Å². The first-order chi connectivity index (χ1) is 7.38. The maximum atomic E-state index is 4.94. The van der Waals surface area contributed by atoms with E-state index in [0.29, 0.717) is 11.8 Å². The average molecular weight is 203 g/mol. The van der Waals surface area contributed by atoms with E-state index in [4.69, 9.17) is 4.74 Å². The van der Waals surface area contributed by atoms with E-state index in [1.54, 1.807) is 19.4 Å². The molecule has 0 saturated carbocycles. The SMILES string of the molecule is COc1ccc(Nc2ncncn2)cn1. The number of hydrogen-bond acceptors (Lipinski definition) is 6. The highest BCUT2D eigenvalue weighted by molar-refractivity contribution is 5.51. The van der Waals surface area contributed by atoms with Gasteiger partial charge in [0.25, 0.3) is 0 Å². The minimum atomic E-state index is 0.483. The molecule has 0 spiro atoms. The van der Waals surface area contributed by atoms with Crippen LogP contribution in [0.3, 0.4) is 0 Å². The van der Waals surface area contributed by atoms with Crippen molar-refractivity contribution in [1.82, 2.24) is 19.9 Å². The van der Waals surface area contributed by atoms with Crippen LogP contribution in [0.25, 0.3) is 0 Å². The van der Waals surface area contributed by atoms with Crippen molar-refractivity contribution in [2.24, 2.45) is 0 Å². The third kappa shape index (κ3) is 2.37. The van der Waals surface area contributed by atoms with Crippen LogP contribution in [0.2, 0.25) is 0 Å². The van der Waals surface area contributed by atoms with Gasteiger partial charge in [0.1, 0.15) is 12.7 Å². The molecule has 0 fully saturated rings.